The SMILES string of the molecule is Cc1ccc2nc(C(F)(F)F)c3cc4c(cc3c2c1)OCO4. The van der Waals surface area contributed by atoms with Gasteiger partial charge in [0.05, 0.1) is 5.52 Å². The predicted molar refractivity (Wildman–Crippen MR) is 75.1 cm³/mol. The van der Waals surface area contributed by atoms with Gasteiger partial charge in [-0.05, 0) is 36.6 Å². The van der Waals surface area contributed by atoms with Crippen LogP contribution in [0, 0.1) is 6.92 Å². The summed E-state index contributed by atoms with van der Waals surface area (Å²) in [6.07, 6.45) is -4.54. The molecule has 0 saturated heterocycles. The van der Waals surface area contributed by atoms with Crippen LogP contribution in [0.1, 0.15) is 11.3 Å². The van der Waals surface area contributed by atoms with Crippen molar-refractivity contribution in [3.05, 3.63) is 41.6 Å². The van der Waals surface area contributed by atoms with Gasteiger partial charge in [0.2, 0.25) is 6.79 Å². The Labute approximate surface area is 123 Å². The molecule has 6 heteroatoms. The molecule has 1 aliphatic heterocycles. The fourth-order valence-corrected chi connectivity index (χ4v) is 2.72. The summed E-state index contributed by atoms with van der Waals surface area (Å²) in [6, 6.07) is 8.12. The van der Waals surface area contributed by atoms with Gasteiger partial charge in [-0.2, -0.15) is 13.2 Å². The van der Waals surface area contributed by atoms with Crippen LogP contribution in [0.2, 0.25) is 0 Å². The number of fused-ring (bicyclic) bond motifs is 4. The lowest BCUT2D eigenvalue weighted by molar-refractivity contribution is -0.139. The first-order valence-corrected chi connectivity index (χ1v) is 6.64. The number of halogens is 3. The third-order valence-corrected chi connectivity index (χ3v) is 3.71. The van der Waals surface area contributed by atoms with Gasteiger partial charge in [-0.1, -0.05) is 11.6 Å². The summed E-state index contributed by atoms with van der Waals surface area (Å²) in [7, 11) is 0. The second-order valence-electron chi connectivity index (χ2n) is 5.23. The summed E-state index contributed by atoms with van der Waals surface area (Å²) in [4.78, 5) is 3.82. The third-order valence-electron chi connectivity index (χ3n) is 3.71. The molecule has 1 aromatic heterocycles. The standard InChI is InChI=1S/C16H10F3NO2/c1-8-2-3-12-10(4-8)9-5-13-14(22-7-21-13)6-11(9)15(20-12)16(17,18)19/h2-6H,7H2,1H3. The number of nitrogens with zero attached hydrogens (tertiary/aromatic N) is 1. The zero-order chi connectivity index (χ0) is 15.5. The van der Waals surface area contributed by atoms with Crippen molar-refractivity contribution in [1.82, 2.24) is 4.98 Å². The van der Waals surface area contributed by atoms with Crippen molar-refractivity contribution in [2.24, 2.45) is 0 Å². The Morgan fingerprint density at radius 3 is 2.32 bits per heavy atom. The minimum absolute atomic E-state index is 0.0113. The van der Waals surface area contributed by atoms with E-state index in [1.165, 1.54) is 6.07 Å². The molecular formula is C16H10F3NO2. The lowest BCUT2D eigenvalue weighted by Gasteiger charge is -2.13. The van der Waals surface area contributed by atoms with Crippen molar-refractivity contribution in [3.8, 4) is 11.5 Å². The van der Waals surface area contributed by atoms with Crippen molar-refractivity contribution in [1.29, 1.82) is 0 Å². The molecule has 2 heterocycles. The lowest BCUT2D eigenvalue weighted by atomic mass is 10.0. The van der Waals surface area contributed by atoms with E-state index < -0.39 is 11.9 Å². The van der Waals surface area contributed by atoms with E-state index >= 15 is 0 Å². The molecule has 2 aromatic carbocycles. The number of aromatic nitrogens is 1. The molecule has 4 rings (SSSR count). The molecule has 0 fully saturated rings. The lowest BCUT2D eigenvalue weighted by Crippen LogP contribution is -2.09. The average molecular weight is 305 g/mol. The molecule has 0 atom stereocenters. The topological polar surface area (TPSA) is 31.4 Å². The quantitative estimate of drug-likeness (QED) is 0.575. The van der Waals surface area contributed by atoms with E-state index in [2.05, 4.69) is 4.98 Å². The molecular weight excluding hydrogens is 295 g/mol. The normalized spacial score (nSPS) is 14.0. The zero-order valence-corrected chi connectivity index (χ0v) is 11.5. The summed E-state index contributed by atoms with van der Waals surface area (Å²) < 4.78 is 50.5. The Balaban J connectivity index is 2.20. The van der Waals surface area contributed by atoms with Gasteiger partial charge in [0.15, 0.2) is 17.2 Å². The van der Waals surface area contributed by atoms with Crippen molar-refractivity contribution >= 4 is 21.7 Å². The molecule has 3 aromatic rings. The number of ether oxygens (including phenoxy) is 2. The summed E-state index contributed by atoms with van der Waals surface area (Å²) >= 11 is 0. The first kappa shape index (κ1) is 13.2. The molecule has 0 aliphatic carbocycles. The fraction of sp³-hybridized carbons (Fsp3) is 0.188. The Morgan fingerprint density at radius 1 is 0.955 bits per heavy atom. The predicted octanol–water partition coefficient (Wildman–Crippen LogP) is 4.44. The second kappa shape index (κ2) is 4.25. The Morgan fingerprint density at radius 2 is 1.64 bits per heavy atom. The number of rotatable bonds is 0. The van der Waals surface area contributed by atoms with Crippen molar-refractivity contribution in [2.45, 2.75) is 13.1 Å². The number of hydrogen-bond donors (Lipinski definition) is 0. The molecule has 0 N–H and O–H groups in total. The molecule has 0 amide bonds. The minimum Gasteiger partial charge on any atom is -0.454 e. The van der Waals surface area contributed by atoms with E-state index in [1.54, 1.807) is 18.2 Å². The molecule has 0 radical (unpaired) electrons. The maximum absolute atomic E-state index is 13.3. The molecule has 22 heavy (non-hydrogen) atoms. The molecule has 0 spiro atoms. The average Bonchev–Trinajstić information content (AvgIpc) is 2.90. The minimum atomic E-state index is -4.54. The maximum Gasteiger partial charge on any atom is 0.433 e. The highest BCUT2D eigenvalue weighted by Gasteiger charge is 2.36. The third kappa shape index (κ3) is 1.87. The highest BCUT2D eigenvalue weighted by molar-refractivity contribution is 6.08. The summed E-state index contributed by atoms with van der Waals surface area (Å²) in [6.45, 7) is 1.90. The number of pyridine rings is 1. The van der Waals surface area contributed by atoms with Gasteiger partial charge in [-0.3, -0.25) is 0 Å². The van der Waals surface area contributed by atoms with Gasteiger partial charge in [-0.15, -0.1) is 0 Å². The first-order chi connectivity index (χ1) is 10.4. The Hall–Kier alpha value is -2.50. The van der Waals surface area contributed by atoms with Crippen LogP contribution in [-0.2, 0) is 6.18 Å². The molecule has 0 bridgehead atoms. The van der Waals surface area contributed by atoms with Gasteiger partial charge in [0, 0.05) is 10.8 Å². The zero-order valence-electron chi connectivity index (χ0n) is 11.5. The number of aryl methyl sites for hydroxylation is 1. The summed E-state index contributed by atoms with van der Waals surface area (Å²) in [5, 5.41) is 1.15. The monoisotopic (exact) mass is 305 g/mol. The highest BCUT2D eigenvalue weighted by Crippen LogP contribution is 2.43. The van der Waals surface area contributed by atoms with Crippen LogP contribution in [0.25, 0.3) is 21.7 Å². The molecule has 112 valence electrons. The fourth-order valence-electron chi connectivity index (χ4n) is 2.72. The van der Waals surface area contributed by atoms with Crippen molar-refractivity contribution in [2.75, 3.05) is 6.79 Å². The molecule has 0 unspecified atom stereocenters. The van der Waals surface area contributed by atoms with Crippen molar-refractivity contribution < 1.29 is 22.6 Å². The van der Waals surface area contributed by atoms with E-state index in [9.17, 15) is 13.2 Å². The number of benzene rings is 2. The number of hydrogen-bond acceptors (Lipinski definition) is 3. The van der Waals surface area contributed by atoms with Gasteiger partial charge in [0.25, 0.3) is 0 Å². The van der Waals surface area contributed by atoms with Crippen LogP contribution < -0.4 is 9.47 Å². The number of alkyl halides is 3. The van der Waals surface area contributed by atoms with E-state index in [4.69, 9.17) is 9.47 Å². The summed E-state index contributed by atoms with van der Waals surface area (Å²) in [5.74, 6) is 0.765. The van der Waals surface area contributed by atoms with Gasteiger partial charge < -0.3 is 9.47 Å². The van der Waals surface area contributed by atoms with Gasteiger partial charge in [-0.25, -0.2) is 4.98 Å². The van der Waals surface area contributed by atoms with E-state index in [0.717, 1.165) is 5.56 Å². The highest BCUT2D eigenvalue weighted by atomic mass is 19.4. The summed E-state index contributed by atoms with van der Waals surface area (Å²) in [5.41, 5.74) is 0.356. The van der Waals surface area contributed by atoms with Crippen LogP contribution in [-0.4, -0.2) is 11.8 Å². The van der Waals surface area contributed by atoms with E-state index in [-0.39, 0.29) is 12.2 Å². The largest absolute Gasteiger partial charge is 0.454 e. The van der Waals surface area contributed by atoms with Gasteiger partial charge >= 0.3 is 6.18 Å². The smallest absolute Gasteiger partial charge is 0.433 e. The van der Waals surface area contributed by atoms with Crippen LogP contribution in [0.3, 0.4) is 0 Å². The van der Waals surface area contributed by atoms with E-state index in [0.29, 0.717) is 27.8 Å². The molecule has 1 aliphatic rings. The Kier molecular flexibility index (Phi) is 2.55. The maximum atomic E-state index is 13.3. The molecule has 3 nitrogen and oxygen atoms in total. The Bertz CT molecular complexity index is 919. The van der Waals surface area contributed by atoms with Crippen LogP contribution in [0.5, 0.6) is 11.5 Å². The van der Waals surface area contributed by atoms with Gasteiger partial charge in [0.1, 0.15) is 0 Å². The van der Waals surface area contributed by atoms with Crippen molar-refractivity contribution in [3.63, 3.8) is 0 Å². The second-order valence-corrected chi connectivity index (χ2v) is 5.23. The van der Waals surface area contributed by atoms with E-state index in [1.807, 2.05) is 13.0 Å². The van der Waals surface area contributed by atoms with Crippen LogP contribution in [0.4, 0.5) is 13.2 Å². The molecule has 0 saturated carbocycles. The van der Waals surface area contributed by atoms with Crippen LogP contribution in [0.15, 0.2) is 30.3 Å². The van der Waals surface area contributed by atoms with Crippen LogP contribution >= 0.6 is 0 Å². The first-order valence-electron chi connectivity index (χ1n) is 6.64.